The predicted octanol–water partition coefficient (Wildman–Crippen LogP) is 2.04. The number of carbonyl (C=O) groups is 2. The Hall–Kier alpha value is -1.30. The van der Waals surface area contributed by atoms with E-state index in [0.717, 1.165) is 25.9 Å². The quantitative estimate of drug-likeness (QED) is 0.864. The molecule has 0 aromatic rings. The average Bonchev–Trinajstić information content (AvgIpc) is 2.92. The summed E-state index contributed by atoms with van der Waals surface area (Å²) in [6.07, 6.45) is 6.16. The maximum Gasteiger partial charge on any atom is 0.276 e. The Balaban J connectivity index is 0.00000200. The topological polar surface area (TPSA) is 61.8 Å². The van der Waals surface area contributed by atoms with Crippen molar-refractivity contribution < 1.29 is 11.0 Å². The summed E-state index contributed by atoms with van der Waals surface area (Å²) >= 11 is 1.43. The molecule has 2 heterocycles. The van der Waals surface area contributed by atoms with Gasteiger partial charge in [0, 0.05) is 38.9 Å². The van der Waals surface area contributed by atoms with Gasteiger partial charge in [-0.25, -0.2) is 4.99 Å². The lowest BCUT2D eigenvalue weighted by Gasteiger charge is -2.16. The van der Waals surface area contributed by atoms with Gasteiger partial charge in [-0.15, -0.1) is 0 Å². The zero-order chi connectivity index (χ0) is 13.7. The average molecular weight is 299 g/mol. The molecule has 2 amide bonds. The summed E-state index contributed by atoms with van der Waals surface area (Å²) in [5.41, 5.74) is 0. The van der Waals surface area contributed by atoms with Gasteiger partial charge >= 0.3 is 0 Å². The maximum absolute atomic E-state index is 11.8. The lowest BCUT2D eigenvalue weighted by Crippen LogP contribution is -2.35. The standard InChI is InChI=1S/C13H19N3O2S.CH4.H2/c1-10-4-6-15-13(19-10)12(18)14-7-5-11(17)16-8-2-3-9-16;;/h4,6,10H,2-3,5,7-9H2,1H3,(H,14,18);1H4;1H. The number of likely N-dealkylation sites (tertiary alicyclic amines) is 1. The minimum Gasteiger partial charge on any atom is -0.350 e. The lowest BCUT2D eigenvalue weighted by molar-refractivity contribution is -0.130. The molecule has 114 valence electrons. The molecule has 1 saturated heterocycles. The van der Waals surface area contributed by atoms with Crippen LogP contribution in [0, 0.1) is 0 Å². The van der Waals surface area contributed by atoms with Gasteiger partial charge < -0.3 is 10.2 Å². The van der Waals surface area contributed by atoms with Crippen molar-refractivity contribution in [2.24, 2.45) is 4.99 Å². The second-order valence-corrected chi connectivity index (χ2v) is 6.06. The van der Waals surface area contributed by atoms with Crippen LogP contribution in [-0.2, 0) is 9.59 Å². The van der Waals surface area contributed by atoms with Crippen LogP contribution >= 0.6 is 11.8 Å². The van der Waals surface area contributed by atoms with Crippen molar-refractivity contribution >= 4 is 28.6 Å². The number of nitrogens with one attached hydrogen (secondary N) is 1. The molecule has 0 aromatic heterocycles. The van der Waals surface area contributed by atoms with Crippen molar-refractivity contribution in [1.82, 2.24) is 10.2 Å². The van der Waals surface area contributed by atoms with Gasteiger partial charge in [-0.3, -0.25) is 9.59 Å². The first-order valence-corrected chi connectivity index (χ1v) is 7.52. The van der Waals surface area contributed by atoms with Gasteiger partial charge in [-0.1, -0.05) is 25.3 Å². The zero-order valence-electron chi connectivity index (χ0n) is 11.1. The van der Waals surface area contributed by atoms with Gasteiger partial charge in [-0.2, -0.15) is 0 Å². The molecular formula is C14H25N3O2S. The van der Waals surface area contributed by atoms with Crippen LogP contribution in [0.4, 0.5) is 0 Å². The number of thioether (sulfide) groups is 1. The summed E-state index contributed by atoms with van der Waals surface area (Å²) in [4.78, 5) is 29.5. The Labute approximate surface area is 126 Å². The predicted molar refractivity (Wildman–Crippen MR) is 85.9 cm³/mol. The third-order valence-corrected chi connectivity index (χ3v) is 4.17. The number of carbonyl (C=O) groups excluding carboxylic acids is 2. The molecule has 0 bridgehead atoms. The summed E-state index contributed by atoms with van der Waals surface area (Å²) in [5.74, 6) is -0.0558. The van der Waals surface area contributed by atoms with Crippen LogP contribution in [0.3, 0.4) is 0 Å². The van der Waals surface area contributed by atoms with Gasteiger partial charge in [0.2, 0.25) is 5.91 Å². The largest absolute Gasteiger partial charge is 0.350 e. The Bertz CT molecular complexity index is 420. The first-order chi connectivity index (χ1) is 9.16. The van der Waals surface area contributed by atoms with E-state index in [4.69, 9.17) is 0 Å². The Morgan fingerprint density at radius 2 is 2.20 bits per heavy atom. The highest BCUT2D eigenvalue weighted by atomic mass is 32.2. The second-order valence-electron chi connectivity index (χ2n) is 4.69. The number of hydrogen-bond donors (Lipinski definition) is 1. The van der Waals surface area contributed by atoms with E-state index in [0.29, 0.717) is 18.0 Å². The van der Waals surface area contributed by atoms with Crippen LogP contribution in [0.5, 0.6) is 0 Å². The molecule has 0 spiro atoms. The van der Waals surface area contributed by atoms with Gasteiger partial charge in [0.25, 0.3) is 5.91 Å². The van der Waals surface area contributed by atoms with Crippen LogP contribution in [0.15, 0.2) is 17.3 Å². The van der Waals surface area contributed by atoms with Crippen LogP contribution in [0.1, 0.15) is 35.0 Å². The monoisotopic (exact) mass is 299 g/mol. The molecular weight excluding hydrogens is 274 g/mol. The van der Waals surface area contributed by atoms with Crippen molar-refractivity contribution in [2.75, 3.05) is 19.6 Å². The van der Waals surface area contributed by atoms with E-state index in [2.05, 4.69) is 10.3 Å². The molecule has 2 aliphatic heterocycles. The molecule has 1 unspecified atom stereocenters. The highest BCUT2D eigenvalue weighted by molar-refractivity contribution is 8.16. The molecule has 5 nitrogen and oxygen atoms in total. The van der Waals surface area contributed by atoms with Crippen molar-refractivity contribution in [3.05, 3.63) is 12.3 Å². The first-order valence-electron chi connectivity index (χ1n) is 6.64. The fourth-order valence-corrected chi connectivity index (χ4v) is 2.88. The zero-order valence-corrected chi connectivity index (χ0v) is 11.9. The van der Waals surface area contributed by atoms with E-state index in [1.165, 1.54) is 11.8 Å². The highest BCUT2D eigenvalue weighted by Crippen LogP contribution is 2.18. The molecule has 2 aliphatic rings. The highest BCUT2D eigenvalue weighted by Gasteiger charge is 2.19. The van der Waals surface area contributed by atoms with E-state index in [1.54, 1.807) is 6.20 Å². The first kappa shape index (κ1) is 16.8. The van der Waals surface area contributed by atoms with E-state index in [1.807, 2.05) is 17.9 Å². The van der Waals surface area contributed by atoms with Gasteiger partial charge in [0.05, 0.1) is 0 Å². The van der Waals surface area contributed by atoms with Gasteiger partial charge in [0.15, 0.2) is 5.04 Å². The molecule has 20 heavy (non-hydrogen) atoms. The lowest BCUT2D eigenvalue weighted by atomic mass is 10.3. The molecule has 1 fully saturated rings. The van der Waals surface area contributed by atoms with Gasteiger partial charge in [-0.05, 0) is 19.8 Å². The summed E-state index contributed by atoms with van der Waals surface area (Å²) < 4.78 is 0. The summed E-state index contributed by atoms with van der Waals surface area (Å²) in [6.45, 7) is 4.11. The molecule has 0 aliphatic carbocycles. The second kappa shape index (κ2) is 8.09. The Morgan fingerprint density at radius 1 is 1.50 bits per heavy atom. The molecule has 2 rings (SSSR count). The minimum absolute atomic E-state index is 0. The van der Waals surface area contributed by atoms with Crippen molar-refractivity contribution in [2.45, 2.75) is 38.9 Å². The summed E-state index contributed by atoms with van der Waals surface area (Å²) in [7, 11) is 0. The number of rotatable bonds is 4. The van der Waals surface area contributed by atoms with Crippen molar-refractivity contribution in [3.8, 4) is 0 Å². The molecule has 0 radical (unpaired) electrons. The number of amides is 2. The van der Waals surface area contributed by atoms with E-state index >= 15 is 0 Å². The smallest absolute Gasteiger partial charge is 0.276 e. The maximum atomic E-state index is 11.8. The molecule has 1 atom stereocenters. The summed E-state index contributed by atoms with van der Waals surface area (Å²) in [6, 6.07) is 0. The number of aliphatic imine (C=N–C) groups is 1. The van der Waals surface area contributed by atoms with Crippen molar-refractivity contribution in [3.63, 3.8) is 0 Å². The van der Waals surface area contributed by atoms with E-state index < -0.39 is 0 Å². The molecule has 0 saturated carbocycles. The van der Waals surface area contributed by atoms with Crippen LogP contribution in [-0.4, -0.2) is 46.6 Å². The number of hydrogen-bond acceptors (Lipinski definition) is 4. The van der Waals surface area contributed by atoms with E-state index in [9.17, 15) is 9.59 Å². The van der Waals surface area contributed by atoms with Crippen LogP contribution < -0.4 is 5.32 Å². The van der Waals surface area contributed by atoms with Crippen LogP contribution in [0.25, 0.3) is 0 Å². The Morgan fingerprint density at radius 3 is 2.85 bits per heavy atom. The van der Waals surface area contributed by atoms with Crippen LogP contribution in [0.2, 0.25) is 0 Å². The summed E-state index contributed by atoms with van der Waals surface area (Å²) in [5, 5.41) is 3.50. The fourth-order valence-electron chi connectivity index (χ4n) is 2.07. The molecule has 6 heteroatoms. The third kappa shape index (κ3) is 4.67. The van der Waals surface area contributed by atoms with Gasteiger partial charge in [0.1, 0.15) is 0 Å². The minimum atomic E-state index is -0.185. The normalized spacial score (nSPS) is 21.1. The van der Waals surface area contributed by atoms with Crippen molar-refractivity contribution in [1.29, 1.82) is 0 Å². The third-order valence-electron chi connectivity index (χ3n) is 3.12. The molecule has 1 N–H and O–H groups in total. The fraction of sp³-hybridized carbons (Fsp3) is 0.643. The van der Waals surface area contributed by atoms with E-state index in [-0.39, 0.29) is 25.9 Å². The molecule has 0 aromatic carbocycles. The number of nitrogens with zero attached hydrogens (tertiary/aromatic N) is 2. The Kier molecular flexibility index (Phi) is 6.78. The SMILES string of the molecule is C.CC1C=CN=C(C(=O)NCCC(=O)N2CCCC2)S1.[HH].